The molecule has 1 aliphatic heterocycles. The number of amides is 1. The van der Waals surface area contributed by atoms with E-state index < -0.39 is 49.5 Å². The molecule has 0 radical (unpaired) electrons. The standard InChI is InChI=1S/C54H103NO8/c1-3-5-7-9-11-13-15-17-19-21-22-23-24-25-26-28-30-32-34-36-38-40-42-44-50(58)55-47(46-62-54-53(61)52(60)51(59)49(45-56)63-54)48(57)43-41-39-37-35-33-31-29-27-20-18-16-14-12-10-8-6-4-2/h33,35,41,43,47-49,51-54,56-57,59-61H,3-32,34,36-40,42,44-46H2,1-2H3,(H,55,58)/b35-33+,43-41+/t47-,48+,49-,51-,52?,53?,54-/m0/s1. The van der Waals surface area contributed by atoms with Gasteiger partial charge in [0.1, 0.15) is 24.4 Å². The number of allylic oxidation sites excluding steroid dienone is 3. The Labute approximate surface area is 388 Å². The fraction of sp³-hybridized carbons (Fsp3) is 0.907. The van der Waals surface area contributed by atoms with Gasteiger partial charge < -0.3 is 40.3 Å². The maximum Gasteiger partial charge on any atom is 0.220 e. The van der Waals surface area contributed by atoms with Gasteiger partial charge in [-0.25, -0.2) is 0 Å². The molecule has 0 bridgehead atoms. The number of carbonyl (C=O) groups excluding carboxylic acids is 1. The first-order valence-corrected chi connectivity index (χ1v) is 27.1. The van der Waals surface area contributed by atoms with E-state index in [0.717, 1.165) is 38.5 Å². The van der Waals surface area contributed by atoms with Crippen molar-refractivity contribution in [3.05, 3.63) is 24.3 Å². The third-order valence-corrected chi connectivity index (χ3v) is 13.0. The SMILES string of the molecule is CCCCCCCCCCCCC/C=C/CC/C=C/[C@@H](O)[C@H](CO[C@H]1O[C@@H](CO)[C@H](O)C(O)C1O)NC(=O)CCCCCCCCCCCCCCCCCCCCCCCCC. The molecule has 9 nitrogen and oxygen atoms in total. The molecule has 2 unspecified atom stereocenters. The fourth-order valence-electron chi connectivity index (χ4n) is 8.70. The van der Waals surface area contributed by atoms with Crippen molar-refractivity contribution in [1.82, 2.24) is 5.32 Å². The second kappa shape index (κ2) is 44.5. The normalized spacial score (nSPS) is 20.3. The lowest BCUT2D eigenvalue weighted by atomic mass is 9.99. The Morgan fingerprint density at radius 1 is 0.524 bits per heavy atom. The highest BCUT2D eigenvalue weighted by atomic mass is 16.7. The quantitative estimate of drug-likeness (QED) is 0.0261. The smallest absolute Gasteiger partial charge is 0.220 e. The Kier molecular flexibility index (Phi) is 42.2. The molecule has 0 aromatic carbocycles. The van der Waals surface area contributed by atoms with Gasteiger partial charge in [0.2, 0.25) is 5.91 Å². The van der Waals surface area contributed by atoms with E-state index in [1.807, 2.05) is 6.08 Å². The molecule has 0 aromatic rings. The molecule has 0 spiro atoms. The second-order valence-corrected chi connectivity index (χ2v) is 19.0. The van der Waals surface area contributed by atoms with Crippen LogP contribution in [0.4, 0.5) is 0 Å². The number of carbonyl (C=O) groups is 1. The van der Waals surface area contributed by atoms with Crippen molar-refractivity contribution in [2.45, 2.75) is 301 Å². The van der Waals surface area contributed by atoms with Crippen LogP contribution in [-0.2, 0) is 14.3 Å². The minimum absolute atomic E-state index is 0.182. The van der Waals surface area contributed by atoms with Crippen LogP contribution in [0.15, 0.2) is 24.3 Å². The monoisotopic (exact) mass is 894 g/mol. The first kappa shape index (κ1) is 59.7. The van der Waals surface area contributed by atoms with Gasteiger partial charge >= 0.3 is 0 Å². The van der Waals surface area contributed by atoms with Crippen LogP contribution in [-0.4, -0.2) is 87.5 Å². The predicted molar refractivity (Wildman–Crippen MR) is 263 cm³/mol. The lowest BCUT2D eigenvalue weighted by molar-refractivity contribution is -0.302. The van der Waals surface area contributed by atoms with Gasteiger partial charge in [0.05, 0.1) is 25.4 Å². The average Bonchev–Trinajstić information content (AvgIpc) is 3.28. The number of rotatable bonds is 46. The molecule has 1 rings (SSSR count). The Hall–Kier alpha value is -1.33. The predicted octanol–water partition coefficient (Wildman–Crippen LogP) is 12.6. The highest BCUT2D eigenvalue weighted by Gasteiger charge is 2.44. The van der Waals surface area contributed by atoms with Crippen LogP contribution in [0, 0.1) is 0 Å². The van der Waals surface area contributed by atoms with Crippen LogP contribution in [0.2, 0.25) is 0 Å². The van der Waals surface area contributed by atoms with Gasteiger partial charge in [-0.05, 0) is 32.1 Å². The van der Waals surface area contributed by atoms with E-state index in [9.17, 15) is 30.3 Å². The first-order valence-electron chi connectivity index (χ1n) is 27.1. The summed E-state index contributed by atoms with van der Waals surface area (Å²) in [6.07, 6.45) is 48.1. The van der Waals surface area contributed by atoms with Gasteiger partial charge in [-0.15, -0.1) is 0 Å². The summed E-state index contributed by atoms with van der Waals surface area (Å²) in [5.74, 6) is -0.182. The van der Waals surface area contributed by atoms with E-state index >= 15 is 0 Å². The molecule has 1 amide bonds. The van der Waals surface area contributed by atoms with Crippen LogP contribution >= 0.6 is 0 Å². The number of hydrogen-bond donors (Lipinski definition) is 6. The van der Waals surface area contributed by atoms with E-state index in [1.165, 1.54) is 199 Å². The number of aliphatic hydroxyl groups is 5. The summed E-state index contributed by atoms with van der Waals surface area (Å²) in [6.45, 7) is 3.79. The van der Waals surface area contributed by atoms with Gasteiger partial charge in [0.15, 0.2) is 6.29 Å². The van der Waals surface area contributed by atoms with Crippen molar-refractivity contribution in [3.63, 3.8) is 0 Å². The number of unbranched alkanes of at least 4 members (excludes halogenated alkanes) is 34. The van der Waals surface area contributed by atoms with Crippen LogP contribution in [0.25, 0.3) is 0 Å². The number of nitrogens with one attached hydrogen (secondary N) is 1. The highest BCUT2D eigenvalue weighted by molar-refractivity contribution is 5.76. The molecular formula is C54H103NO8. The molecular weight excluding hydrogens is 791 g/mol. The van der Waals surface area contributed by atoms with Gasteiger partial charge in [-0.3, -0.25) is 4.79 Å². The molecule has 6 N–H and O–H groups in total. The summed E-state index contributed by atoms with van der Waals surface area (Å²) in [4.78, 5) is 13.0. The molecule has 9 heteroatoms. The Morgan fingerprint density at radius 2 is 0.905 bits per heavy atom. The van der Waals surface area contributed by atoms with Crippen LogP contribution in [0.3, 0.4) is 0 Å². The summed E-state index contributed by atoms with van der Waals surface area (Å²) in [6, 6.07) is -0.817. The zero-order valence-electron chi connectivity index (χ0n) is 41.1. The van der Waals surface area contributed by atoms with E-state index in [-0.39, 0.29) is 12.5 Å². The van der Waals surface area contributed by atoms with Gasteiger partial charge in [-0.1, -0.05) is 244 Å². The molecule has 0 saturated carbocycles. The zero-order valence-corrected chi connectivity index (χ0v) is 41.1. The molecule has 0 aromatic heterocycles. The Bertz CT molecular complexity index is 1040. The van der Waals surface area contributed by atoms with E-state index in [1.54, 1.807) is 6.08 Å². The van der Waals surface area contributed by atoms with Crippen molar-refractivity contribution >= 4 is 5.91 Å². The number of aliphatic hydroxyl groups excluding tert-OH is 5. The topological polar surface area (TPSA) is 149 Å². The third kappa shape index (κ3) is 34.6. The average molecular weight is 894 g/mol. The second-order valence-electron chi connectivity index (χ2n) is 19.0. The molecule has 63 heavy (non-hydrogen) atoms. The third-order valence-electron chi connectivity index (χ3n) is 13.0. The maximum atomic E-state index is 13.0. The number of ether oxygens (including phenoxy) is 2. The Morgan fingerprint density at radius 3 is 1.33 bits per heavy atom. The summed E-state index contributed by atoms with van der Waals surface area (Å²) in [5, 5.41) is 54.4. The molecule has 1 aliphatic rings. The molecule has 1 fully saturated rings. The van der Waals surface area contributed by atoms with Gasteiger partial charge in [0.25, 0.3) is 0 Å². The van der Waals surface area contributed by atoms with E-state index in [2.05, 4.69) is 31.3 Å². The lowest BCUT2D eigenvalue weighted by Gasteiger charge is -2.40. The van der Waals surface area contributed by atoms with E-state index in [0.29, 0.717) is 6.42 Å². The summed E-state index contributed by atoms with van der Waals surface area (Å²) >= 11 is 0. The van der Waals surface area contributed by atoms with Crippen molar-refractivity contribution in [1.29, 1.82) is 0 Å². The molecule has 1 saturated heterocycles. The molecule has 1 heterocycles. The maximum absolute atomic E-state index is 13.0. The van der Waals surface area contributed by atoms with Gasteiger partial charge in [0, 0.05) is 6.42 Å². The molecule has 372 valence electrons. The van der Waals surface area contributed by atoms with Crippen molar-refractivity contribution in [2.24, 2.45) is 0 Å². The Balaban J connectivity index is 2.26. The van der Waals surface area contributed by atoms with Crippen LogP contribution < -0.4 is 5.32 Å². The van der Waals surface area contributed by atoms with Crippen molar-refractivity contribution in [3.8, 4) is 0 Å². The van der Waals surface area contributed by atoms with E-state index in [4.69, 9.17) is 9.47 Å². The minimum Gasteiger partial charge on any atom is -0.394 e. The number of hydrogen-bond acceptors (Lipinski definition) is 8. The molecule has 0 aliphatic carbocycles. The van der Waals surface area contributed by atoms with Crippen molar-refractivity contribution in [2.75, 3.05) is 13.2 Å². The van der Waals surface area contributed by atoms with Crippen LogP contribution in [0.5, 0.6) is 0 Å². The van der Waals surface area contributed by atoms with Crippen LogP contribution in [0.1, 0.15) is 258 Å². The lowest BCUT2D eigenvalue weighted by Crippen LogP contribution is -2.60. The summed E-state index contributed by atoms with van der Waals surface area (Å²) in [5.41, 5.74) is 0. The first-order chi connectivity index (χ1) is 30.8. The largest absolute Gasteiger partial charge is 0.394 e. The zero-order chi connectivity index (χ0) is 45.9. The highest BCUT2D eigenvalue weighted by Crippen LogP contribution is 2.23. The van der Waals surface area contributed by atoms with Gasteiger partial charge in [-0.2, -0.15) is 0 Å². The van der Waals surface area contributed by atoms with Crippen molar-refractivity contribution < 1.29 is 39.8 Å². The molecule has 7 atom stereocenters. The minimum atomic E-state index is -1.57. The fourth-order valence-corrected chi connectivity index (χ4v) is 8.70. The summed E-state index contributed by atoms with van der Waals surface area (Å²) < 4.78 is 11.2. The summed E-state index contributed by atoms with van der Waals surface area (Å²) in [7, 11) is 0.